The first-order valence-corrected chi connectivity index (χ1v) is 2.72. The van der Waals surface area contributed by atoms with Crippen LogP contribution in [0.3, 0.4) is 0 Å². The summed E-state index contributed by atoms with van der Waals surface area (Å²) < 4.78 is 0. The maximum absolute atomic E-state index is 9.62. The fourth-order valence-electron chi connectivity index (χ4n) is 0.150. The Balaban J connectivity index is 0. The molecule has 4 nitrogen and oxygen atoms in total. The number of allylic oxidation sites excluding steroid dienone is 2. The number of hydrogen-bond donors (Lipinski definition) is 2. The van der Waals surface area contributed by atoms with Gasteiger partial charge in [0.05, 0.1) is 0 Å². The summed E-state index contributed by atoms with van der Waals surface area (Å²) in [4.78, 5) is 18.6. The molecule has 0 aliphatic rings. The van der Waals surface area contributed by atoms with E-state index in [-0.39, 0.29) is 0 Å². The molecule has 0 saturated heterocycles. The predicted molar refractivity (Wildman–Crippen MR) is 40.3 cm³/mol. The van der Waals surface area contributed by atoms with E-state index < -0.39 is 11.9 Å². The minimum absolute atomic E-state index is 0.833. The topological polar surface area (TPSA) is 74.6 Å². The van der Waals surface area contributed by atoms with Crippen molar-refractivity contribution in [2.75, 3.05) is 0 Å². The molecule has 0 heterocycles. The second kappa shape index (κ2) is 8.42. The van der Waals surface area contributed by atoms with Crippen LogP contribution in [0.1, 0.15) is 6.92 Å². The summed E-state index contributed by atoms with van der Waals surface area (Å²) in [6.07, 6.45) is 3.80. The van der Waals surface area contributed by atoms with E-state index in [9.17, 15) is 4.79 Å². The Kier molecular flexibility index (Phi) is 9.29. The van der Waals surface area contributed by atoms with Crippen molar-refractivity contribution in [3.8, 4) is 0 Å². The number of carboxylic acid groups (broad SMARTS) is 2. The second-order valence-electron chi connectivity index (χ2n) is 1.45. The zero-order valence-electron chi connectivity index (χ0n) is 6.15. The minimum atomic E-state index is -0.945. The van der Waals surface area contributed by atoms with Gasteiger partial charge in [-0.1, -0.05) is 18.7 Å². The van der Waals surface area contributed by atoms with Crippen molar-refractivity contribution < 1.29 is 19.8 Å². The first kappa shape index (κ1) is 12.1. The van der Waals surface area contributed by atoms with E-state index >= 15 is 0 Å². The third-order valence-corrected chi connectivity index (χ3v) is 0.375. The van der Waals surface area contributed by atoms with Crippen LogP contribution in [0.4, 0.5) is 0 Å². The highest BCUT2D eigenvalue weighted by atomic mass is 16.4. The van der Waals surface area contributed by atoms with Gasteiger partial charge in [0.1, 0.15) is 0 Å². The van der Waals surface area contributed by atoms with Gasteiger partial charge in [0.2, 0.25) is 0 Å². The molecule has 0 fully saturated rings. The third-order valence-electron chi connectivity index (χ3n) is 0.375. The number of hydrogen-bond acceptors (Lipinski definition) is 2. The second-order valence-corrected chi connectivity index (χ2v) is 1.45. The van der Waals surface area contributed by atoms with Gasteiger partial charge in [0.15, 0.2) is 0 Å². The summed E-state index contributed by atoms with van der Waals surface area (Å²) in [6, 6.07) is 0. The van der Waals surface area contributed by atoms with Crippen LogP contribution in [0.5, 0.6) is 0 Å². The Morgan fingerprint density at radius 3 is 1.82 bits per heavy atom. The lowest BCUT2D eigenvalue weighted by Gasteiger charge is -1.70. The van der Waals surface area contributed by atoms with Crippen molar-refractivity contribution in [3.63, 3.8) is 0 Å². The van der Waals surface area contributed by atoms with Crippen molar-refractivity contribution in [2.24, 2.45) is 0 Å². The minimum Gasteiger partial charge on any atom is -0.481 e. The SMILES string of the molecule is C=CC=CC(=O)O.CC(=O)O. The summed E-state index contributed by atoms with van der Waals surface area (Å²) in [7, 11) is 0. The lowest BCUT2D eigenvalue weighted by atomic mass is 10.5. The summed E-state index contributed by atoms with van der Waals surface area (Å²) in [5.74, 6) is -1.78. The van der Waals surface area contributed by atoms with Crippen LogP contribution in [0.15, 0.2) is 24.8 Å². The molecule has 0 amide bonds. The molecule has 0 rings (SSSR count). The molecule has 0 aliphatic carbocycles. The van der Waals surface area contributed by atoms with Crippen molar-refractivity contribution in [2.45, 2.75) is 6.92 Å². The quantitative estimate of drug-likeness (QED) is 0.462. The highest BCUT2D eigenvalue weighted by Gasteiger charge is 1.77. The fourth-order valence-corrected chi connectivity index (χ4v) is 0.150. The first-order valence-electron chi connectivity index (χ1n) is 2.72. The van der Waals surface area contributed by atoms with E-state index in [0.717, 1.165) is 13.0 Å². The molecule has 0 aromatic heterocycles. The van der Waals surface area contributed by atoms with Gasteiger partial charge in [-0.05, 0) is 0 Å². The molecule has 11 heavy (non-hydrogen) atoms. The van der Waals surface area contributed by atoms with Crippen molar-refractivity contribution in [3.05, 3.63) is 24.8 Å². The van der Waals surface area contributed by atoms with Gasteiger partial charge < -0.3 is 10.2 Å². The molecule has 2 N–H and O–H groups in total. The maximum atomic E-state index is 9.62. The van der Waals surface area contributed by atoms with Crippen LogP contribution in [0.2, 0.25) is 0 Å². The van der Waals surface area contributed by atoms with Gasteiger partial charge in [0.25, 0.3) is 5.97 Å². The Morgan fingerprint density at radius 1 is 1.36 bits per heavy atom. The summed E-state index contributed by atoms with van der Waals surface area (Å²) >= 11 is 0. The van der Waals surface area contributed by atoms with E-state index in [4.69, 9.17) is 15.0 Å². The van der Waals surface area contributed by atoms with E-state index in [1.54, 1.807) is 0 Å². The lowest BCUT2D eigenvalue weighted by Crippen LogP contribution is -1.83. The molecule has 0 aromatic carbocycles. The van der Waals surface area contributed by atoms with Crippen LogP contribution < -0.4 is 0 Å². The molecule has 0 aromatic rings. The maximum Gasteiger partial charge on any atom is 0.328 e. The largest absolute Gasteiger partial charge is 0.481 e. The molecule has 62 valence electrons. The highest BCUT2D eigenvalue weighted by molar-refractivity contribution is 5.79. The fraction of sp³-hybridized carbons (Fsp3) is 0.143. The van der Waals surface area contributed by atoms with E-state index in [2.05, 4.69) is 6.58 Å². The zero-order valence-corrected chi connectivity index (χ0v) is 6.15. The third kappa shape index (κ3) is 59.3. The average molecular weight is 158 g/mol. The Hall–Kier alpha value is -1.58. The van der Waals surface area contributed by atoms with Gasteiger partial charge in [-0.3, -0.25) is 4.79 Å². The summed E-state index contributed by atoms with van der Waals surface area (Å²) in [6.45, 7) is 4.37. The molecule has 4 heteroatoms. The van der Waals surface area contributed by atoms with Gasteiger partial charge >= 0.3 is 5.97 Å². The normalized spacial score (nSPS) is 8.09. The van der Waals surface area contributed by atoms with Crippen molar-refractivity contribution in [1.82, 2.24) is 0 Å². The van der Waals surface area contributed by atoms with Crippen LogP contribution in [-0.4, -0.2) is 22.2 Å². The molecular weight excluding hydrogens is 148 g/mol. The lowest BCUT2D eigenvalue weighted by molar-refractivity contribution is -0.134. The van der Waals surface area contributed by atoms with Crippen LogP contribution >= 0.6 is 0 Å². The van der Waals surface area contributed by atoms with Crippen LogP contribution in [0.25, 0.3) is 0 Å². The molecule has 0 spiro atoms. The first-order chi connectivity index (χ1) is 5.00. The van der Waals surface area contributed by atoms with Gasteiger partial charge in [-0.25, -0.2) is 4.79 Å². The molecular formula is C7H10O4. The summed E-state index contributed by atoms with van der Waals surface area (Å²) in [5, 5.41) is 15.3. The Labute approximate surface area is 64.5 Å². The summed E-state index contributed by atoms with van der Waals surface area (Å²) in [5.41, 5.74) is 0. The van der Waals surface area contributed by atoms with E-state index in [1.807, 2.05) is 0 Å². The smallest absolute Gasteiger partial charge is 0.328 e. The van der Waals surface area contributed by atoms with Crippen LogP contribution in [-0.2, 0) is 9.59 Å². The molecule has 0 bridgehead atoms. The van der Waals surface area contributed by atoms with E-state index in [0.29, 0.717) is 0 Å². The highest BCUT2D eigenvalue weighted by Crippen LogP contribution is 1.70. The van der Waals surface area contributed by atoms with Crippen molar-refractivity contribution >= 4 is 11.9 Å². The van der Waals surface area contributed by atoms with Crippen molar-refractivity contribution in [1.29, 1.82) is 0 Å². The van der Waals surface area contributed by atoms with Gasteiger partial charge in [-0.2, -0.15) is 0 Å². The Bertz CT molecular complexity index is 165. The average Bonchev–Trinajstić information content (AvgIpc) is 1.82. The van der Waals surface area contributed by atoms with Crippen LogP contribution in [0, 0.1) is 0 Å². The zero-order chi connectivity index (χ0) is 9.28. The van der Waals surface area contributed by atoms with E-state index in [1.165, 1.54) is 12.2 Å². The molecule has 0 saturated carbocycles. The number of carbonyl (C=O) groups is 2. The Morgan fingerprint density at radius 2 is 1.73 bits per heavy atom. The monoisotopic (exact) mass is 158 g/mol. The number of rotatable bonds is 2. The standard InChI is InChI=1S/C5H6O2.C2H4O2/c1-2-3-4-5(6)7;1-2(3)4/h2-4H,1H2,(H,6,7);1H3,(H,3,4). The predicted octanol–water partition coefficient (Wildman–Crippen LogP) is 0.904. The molecule has 0 radical (unpaired) electrons. The molecule has 0 atom stereocenters. The molecule has 0 aliphatic heterocycles. The number of aliphatic carboxylic acids is 2. The van der Waals surface area contributed by atoms with Gasteiger partial charge in [0, 0.05) is 13.0 Å². The molecule has 0 unspecified atom stereocenters. The number of carboxylic acids is 2. The van der Waals surface area contributed by atoms with Gasteiger partial charge in [-0.15, -0.1) is 0 Å².